The lowest BCUT2D eigenvalue weighted by Crippen LogP contribution is -2.29. The first-order valence-corrected chi connectivity index (χ1v) is 13.8. The fraction of sp³-hybridized carbons (Fsp3) is 0.258. The van der Waals surface area contributed by atoms with Crippen molar-refractivity contribution in [1.82, 2.24) is 9.66 Å². The Morgan fingerprint density at radius 1 is 1.12 bits per heavy atom. The number of ether oxygens (including phenoxy) is 2. The van der Waals surface area contributed by atoms with Gasteiger partial charge in [0.1, 0.15) is 12.4 Å². The number of benzene rings is 3. The van der Waals surface area contributed by atoms with Crippen LogP contribution in [0.15, 0.2) is 81.6 Å². The van der Waals surface area contributed by atoms with Crippen LogP contribution in [0.2, 0.25) is 0 Å². The van der Waals surface area contributed by atoms with E-state index in [1.165, 1.54) is 16.8 Å². The number of nitrogens with zero attached hydrogens (tertiary/aromatic N) is 4. The first kappa shape index (κ1) is 29.7. The van der Waals surface area contributed by atoms with Crippen LogP contribution in [-0.4, -0.2) is 27.4 Å². The van der Waals surface area contributed by atoms with E-state index in [0.29, 0.717) is 46.8 Å². The number of halogens is 1. The molecule has 0 radical (unpaired) electrons. The molecular weight excluding hydrogens is 588 g/mol. The van der Waals surface area contributed by atoms with E-state index >= 15 is 0 Å². The molecule has 4 rings (SSSR count). The van der Waals surface area contributed by atoms with Gasteiger partial charge in [-0.3, -0.25) is 14.9 Å². The van der Waals surface area contributed by atoms with Crippen LogP contribution in [0.25, 0.3) is 10.9 Å². The molecule has 1 aromatic heterocycles. The number of hydrogen-bond donors (Lipinski definition) is 0. The van der Waals surface area contributed by atoms with Gasteiger partial charge in [0.25, 0.3) is 11.2 Å². The van der Waals surface area contributed by atoms with Crippen molar-refractivity contribution in [2.75, 3.05) is 6.61 Å². The molecule has 0 saturated heterocycles. The van der Waals surface area contributed by atoms with Crippen LogP contribution in [0, 0.1) is 10.1 Å². The highest BCUT2D eigenvalue weighted by molar-refractivity contribution is 9.10. The minimum absolute atomic E-state index is 0.0164. The highest BCUT2D eigenvalue weighted by Crippen LogP contribution is 2.34. The van der Waals surface area contributed by atoms with E-state index in [1.54, 1.807) is 36.6 Å². The molecule has 0 amide bonds. The van der Waals surface area contributed by atoms with E-state index in [9.17, 15) is 14.9 Å². The summed E-state index contributed by atoms with van der Waals surface area (Å²) in [4.78, 5) is 28.8. The zero-order valence-electron chi connectivity index (χ0n) is 23.4. The third kappa shape index (κ3) is 6.89. The molecular formula is C31H31BrN4O5. The van der Waals surface area contributed by atoms with Crippen LogP contribution in [0.4, 0.5) is 5.69 Å². The minimum atomic E-state index is -0.447. The average Bonchev–Trinajstić information content (AvgIpc) is 2.92. The van der Waals surface area contributed by atoms with Gasteiger partial charge in [0, 0.05) is 27.6 Å². The standard InChI is InChI=1S/C31H31BrN4O5/c1-6-8-22-15-21(16-27(40-7-2)28(22)41-19-20-9-12-24(13-10-20)36(38)39)18-33-35-29(37)25-17-23(32)11-14-26(25)34-30(35)31(3,4)5/h6,9-18H,1,7-8,19H2,2-5H3. The van der Waals surface area contributed by atoms with Crippen molar-refractivity contribution in [3.63, 3.8) is 0 Å². The average molecular weight is 620 g/mol. The Hall–Kier alpha value is -4.31. The fourth-order valence-electron chi connectivity index (χ4n) is 4.23. The highest BCUT2D eigenvalue weighted by atomic mass is 79.9. The van der Waals surface area contributed by atoms with Gasteiger partial charge in [-0.2, -0.15) is 9.78 Å². The summed E-state index contributed by atoms with van der Waals surface area (Å²) in [6.45, 7) is 12.3. The van der Waals surface area contributed by atoms with Gasteiger partial charge in [-0.15, -0.1) is 6.58 Å². The SMILES string of the molecule is C=CCc1cc(C=Nn2c(C(C)(C)C)nc3ccc(Br)cc3c2=O)cc(OCC)c1OCc1ccc([N+](=O)[O-])cc1. The molecule has 3 aromatic carbocycles. The van der Waals surface area contributed by atoms with Crippen LogP contribution in [0.5, 0.6) is 11.5 Å². The van der Waals surface area contributed by atoms with Crippen molar-refractivity contribution in [3.05, 3.63) is 115 Å². The minimum Gasteiger partial charge on any atom is -0.490 e. The van der Waals surface area contributed by atoms with Crippen molar-refractivity contribution in [2.45, 2.75) is 46.1 Å². The number of aromatic nitrogens is 2. The lowest BCUT2D eigenvalue weighted by atomic mass is 9.95. The largest absolute Gasteiger partial charge is 0.490 e. The van der Waals surface area contributed by atoms with Gasteiger partial charge >= 0.3 is 0 Å². The van der Waals surface area contributed by atoms with E-state index in [0.717, 1.165) is 15.6 Å². The molecule has 0 aliphatic rings. The third-order valence-electron chi connectivity index (χ3n) is 6.15. The smallest absolute Gasteiger partial charge is 0.282 e. The van der Waals surface area contributed by atoms with E-state index in [1.807, 2.05) is 45.9 Å². The van der Waals surface area contributed by atoms with Gasteiger partial charge in [-0.05, 0) is 66.9 Å². The van der Waals surface area contributed by atoms with Crippen molar-refractivity contribution in [2.24, 2.45) is 5.10 Å². The molecule has 0 aliphatic heterocycles. The summed E-state index contributed by atoms with van der Waals surface area (Å²) in [6.07, 6.45) is 3.87. The summed E-state index contributed by atoms with van der Waals surface area (Å²) in [5, 5.41) is 16.0. The van der Waals surface area contributed by atoms with Crippen LogP contribution in [0.1, 0.15) is 50.2 Å². The topological polar surface area (TPSA) is 109 Å². The van der Waals surface area contributed by atoms with Crippen molar-refractivity contribution >= 4 is 38.7 Å². The van der Waals surface area contributed by atoms with E-state index in [-0.39, 0.29) is 17.9 Å². The second-order valence-electron chi connectivity index (χ2n) is 10.4. The summed E-state index contributed by atoms with van der Waals surface area (Å²) < 4.78 is 14.2. The highest BCUT2D eigenvalue weighted by Gasteiger charge is 2.23. The van der Waals surface area contributed by atoms with Crippen LogP contribution in [-0.2, 0) is 18.4 Å². The molecule has 0 atom stereocenters. The predicted octanol–water partition coefficient (Wildman–Crippen LogP) is 6.95. The fourth-order valence-corrected chi connectivity index (χ4v) is 4.59. The van der Waals surface area contributed by atoms with Gasteiger partial charge in [-0.1, -0.05) is 42.8 Å². The van der Waals surface area contributed by atoms with Gasteiger partial charge in [0.05, 0.1) is 28.6 Å². The first-order chi connectivity index (χ1) is 19.5. The first-order valence-electron chi connectivity index (χ1n) is 13.1. The lowest BCUT2D eigenvalue weighted by Gasteiger charge is -2.21. The molecule has 9 nitrogen and oxygen atoms in total. The molecule has 0 aliphatic carbocycles. The molecule has 4 aromatic rings. The molecule has 1 heterocycles. The van der Waals surface area contributed by atoms with Crippen LogP contribution in [0.3, 0.4) is 0 Å². The predicted molar refractivity (Wildman–Crippen MR) is 164 cm³/mol. The second-order valence-corrected chi connectivity index (χ2v) is 11.3. The maximum absolute atomic E-state index is 13.5. The summed E-state index contributed by atoms with van der Waals surface area (Å²) in [7, 11) is 0. The molecule has 0 fully saturated rings. The van der Waals surface area contributed by atoms with Crippen LogP contribution >= 0.6 is 15.9 Å². The summed E-state index contributed by atoms with van der Waals surface area (Å²) in [5.41, 5.74) is 2.21. The van der Waals surface area contributed by atoms with Gasteiger partial charge < -0.3 is 9.47 Å². The van der Waals surface area contributed by atoms with Crippen molar-refractivity contribution in [3.8, 4) is 11.5 Å². The molecule has 0 N–H and O–H groups in total. The molecule has 212 valence electrons. The van der Waals surface area contributed by atoms with Gasteiger partial charge in [0.2, 0.25) is 0 Å². The number of nitro groups is 1. The zero-order valence-corrected chi connectivity index (χ0v) is 25.0. The second kappa shape index (κ2) is 12.5. The Morgan fingerprint density at radius 2 is 1.85 bits per heavy atom. The number of nitro benzene ring substituents is 1. The van der Waals surface area contributed by atoms with E-state index in [4.69, 9.17) is 14.5 Å². The Morgan fingerprint density at radius 3 is 2.49 bits per heavy atom. The lowest BCUT2D eigenvalue weighted by molar-refractivity contribution is -0.384. The normalized spacial score (nSPS) is 11.6. The van der Waals surface area contributed by atoms with E-state index < -0.39 is 10.3 Å². The molecule has 0 bridgehead atoms. The molecule has 0 saturated carbocycles. The summed E-state index contributed by atoms with van der Waals surface area (Å²) in [5.74, 6) is 1.60. The van der Waals surface area contributed by atoms with Crippen LogP contribution < -0.4 is 15.0 Å². The zero-order chi connectivity index (χ0) is 29.7. The maximum atomic E-state index is 13.5. The Balaban J connectivity index is 1.75. The molecule has 41 heavy (non-hydrogen) atoms. The Bertz CT molecular complexity index is 1690. The van der Waals surface area contributed by atoms with Crippen molar-refractivity contribution < 1.29 is 14.4 Å². The number of non-ortho nitro benzene ring substituents is 1. The summed E-state index contributed by atoms with van der Waals surface area (Å²) >= 11 is 3.44. The number of rotatable bonds is 10. The number of fused-ring (bicyclic) bond motifs is 1. The monoisotopic (exact) mass is 618 g/mol. The maximum Gasteiger partial charge on any atom is 0.282 e. The van der Waals surface area contributed by atoms with Gasteiger partial charge in [0.15, 0.2) is 11.5 Å². The van der Waals surface area contributed by atoms with E-state index in [2.05, 4.69) is 27.6 Å². The number of hydrogen-bond acceptors (Lipinski definition) is 7. The van der Waals surface area contributed by atoms with Crippen molar-refractivity contribution in [1.29, 1.82) is 0 Å². The number of allylic oxidation sites excluding steroid dienone is 1. The molecule has 0 spiro atoms. The third-order valence-corrected chi connectivity index (χ3v) is 6.64. The Labute approximate surface area is 246 Å². The molecule has 0 unspecified atom stereocenters. The Kier molecular flexibility index (Phi) is 9.02. The summed E-state index contributed by atoms with van der Waals surface area (Å²) in [6, 6.07) is 15.3. The quantitative estimate of drug-likeness (QED) is 0.0823. The molecule has 10 heteroatoms. The van der Waals surface area contributed by atoms with Gasteiger partial charge in [-0.25, -0.2) is 4.98 Å².